The van der Waals surface area contributed by atoms with Gasteiger partial charge in [-0.15, -0.1) is 0 Å². The van der Waals surface area contributed by atoms with E-state index in [1.165, 1.54) is 4.90 Å². The number of alkyl carbamates (subject to hydrolysis) is 3. The predicted molar refractivity (Wildman–Crippen MR) is 419 cm³/mol. The lowest BCUT2D eigenvalue weighted by Gasteiger charge is -2.24. The molecule has 4 atom stereocenters. The van der Waals surface area contributed by atoms with Crippen LogP contribution in [0.25, 0.3) is 33.4 Å². The maximum absolute atomic E-state index is 12.4. The summed E-state index contributed by atoms with van der Waals surface area (Å²) < 4.78 is 21.6. The fourth-order valence-electron chi connectivity index (χ4n) is 13.2. The lowest BCUT2D eigenvalue weighted by molar-refractivity contribution is -0.140. The summed E-state index contributed by atoms with van der Waals surface area (Å²) in [6.45, 7) is 11.9. The molecule has 6 aromatic rings. The molecule has 0 saturated carbocycles. The van der Waals surface area contributed by atoms with E-state index in [2.05, 4.69) is 57.7 Å². The SMILES string of the molecule is CCC(=O)N(C)CCCC[C@H](N)C(=O)O.CCC(=O)N(C)CCCC[C@H](NC(=O)OCC1c2ccccc2-c2ccccc21)C(=O)O.CN(CCCC[C@H](NC(=O)OCC1c2ccccc2-c2ccccc21)C(=O)O)C(=O)OC(C)(C)C.CNCCCC[C@H](NC(=O)OCC1c2ccccc2-c2ccccc21)C(=O)O. The normalized spacial score (nSPS) is 13.1. The van der Waals surface area contributed by atoms with E-state index in [9.17, 15) is 63.3 Å². The number of amides is 6. The molecule has 6 aromatic carbocycles. The first-order valence-corrected chi connectivity index (χ1v) is 37.7. The molecule has 0 saturated heterocycles. The molecule has 10 N–H and O–H groups in total. The third-order valence-corrected chi connectivity index (χ3v) is 19.2. The summed E-state index contributed by atoms with van der Waals surface area (Å²) in [6.07, 6.45) is 5.07. The molecule has 26 nitrogen and oxygen atoms in total. The van der Waals surface area contributed by atoms with Gasteiger partial charge in [0.2, 0.25) is 11.8 Å². The van der Waals surface area contributed by atoms with Gasteiger partial charge in [-0.1, -0.05) is 159 Å². The average molecular weight is 1520 g/mol. The van der Waals surface area contributed by atoms with Crippen LogP contribution in [0.3, 0.4) is 0 Å². The molecular weight excluding hydrogens is 1410 g/mol. The van der Waals surface area contributed by atoms with E-state index >= 15 is 0 Å². The topological polar surface area (TPSA) is 372 Å². The molecule has 9 rings (SSSR count). The molecule has 0 aromatic heterocycles. The molecule has 3 aliphatic carbocycles. The van der Waals surface area contributed by atoms with Crippen LogP contribution >= 0.6 is 0 Å². The number of nitrogens with two attached hydrogens (primary N) is 1. The van der Waals surface area contributed by atoms with Gasteiger partial charge in [-0.3, -0.25) is 14.4 Å². The molecule has 0 unspecified atom stereocenters. The van der Waals surface area contributed by atoms with Crippen LogP contribution in [0.1, 0.15) is 176 Å². The van der Waals surface area contributed by atoms with E-state index in [0.29, 0.717) is 77.4 Å². The van der Waals surface area contributed by atoms with Crippen LogP contribution in [0.2, 0.25) is 0 Å². The second-order valence-corrected chi connectivity index (χ2v) is 28.4. The van der Waals surface area contributed by atoms with Crippen LogP contribution in [0.5, 0.6) is 0 Å². The Balaban J connectivity index is 0.000000237. The van der Waals surface area contributed by atoms with Gasteiger partial charge in [0.25, 0.3) is 0 Å². The smallest absolute Gasteiger partial charge is 0.410 e. The van der Waals surface area contributed by atoms with E-state index in [4.69, 9.17) is 29.8 Å². The summed E-state index contributed by atoms with van der Waals surface area (Å²) in [5.41, 5.74) is 18.2. The Morgan fingerprint density at radius 1 is 0.400 bits per heavy atom. The number of aliphatic carboxylic acids is 4. The number of rotatable bonds is 35. The minimum Gasteiger partial charge on any atom is -0.480 e. The molecule has 0 heterocycles. The monoisotopic (exact) mass is 1520 g/mol. The summed E-state index contributed by atoms with van der Waals surface area (Å²) >= 11 is 0. The standard InChI is InChI=1S/C27H34N2O6.C25H30N2O5.C22H26N2O4.C10H20N2O3/c1-27(2,3)35-26(33)29(4)16-10-9-15-23(24(30)31)28-25(32)34-17-22-20-13-7-5-11-18(20)19-12-6-8-14-21(19)22;1-3-23(28)27(2)15-9-8-14-22(24(29)30)26-25(31)32-16-21-19-12-6-4-10-17(19)18-11-5-7-13-20(18)21;1-23-13-7-6-12-20(21(25)26)24-22(27)28-14-19-17-10-4-2-8-15(17)16-9-3-5-11-18(16)19;1-3-9(13)12(2)7-5-4-6-8(11)10(14)15/h5-8,11-14,22-23H,9-10,15-17H2,1-4H3,(H,28,32)(H,30,31);4-7,10-13,21-22H,3,8-9,14-16H2,1-2H3,(H,26,31)(H,29,30);2-5,8-11,19-20,23H,6-7,12-14H2,1H3,(H,24,27)(H,25,26);8H,3-7,11H2,1-2H3,(H,14,15)/t23-;22-;20-;8-/m0000/s1. The number of hydrogen-bond acceptors (Lipinski definition) is 16. The summed E-state index contributed by atoms with van der Waals surface area (Å²) in [4.78, 5) is 122. The number of nitrogens with one attached hydrogen (secondary N) is 4. The largest absolute Gasteiger partial charge is 0.480 e. The van der Waals surface area contributed by atoms with Gasteiger partial charge in [-0.05, 0) is 178 Å². The van der Waals surface area contributed by atoms with E-state index in [1.54, 1.807) is 58.6 Å². The van der Waals surface area contributed by atoms with Crippen molar-refractivity contribution in [1.82, 2.24) is 36.0 Å². The number of fused-ring (bicyclic) bond motifs is 9. The van der Waals surface area contributed by atoms with Crippen molar-refractivity contribution in [3.05, 3.63) is 179 Å². The number of ether oxygens (including phenoxy) is 4. The summed E-state index contributed by atoms with van der Waals surface area (Å²) in [5, 5.41) is 47.3. The molecule has 110 heavy (non-hydrogen) atoms. The zero-order chi connectivity index (χ0) is 80.5. The molecule has 0 fully saturated rings. The zero-order valence-corrected chi connectivity index (χ0v) is 64.7. The van der Waals surface area contributed by atoms with Crippen LogP contribution in [0, 0.1) is 0 Å². The van der Waals surface area contributed by atoms with E-state index in [1.807, 2.05) is 123 Å². The molecule has 26 heteroatoms. The molecule has 0 bridgehead atoms. The number of carboxylic acid groups (broad SMARTS) is 4. The van der Waals surface area contributed by atoms with Crippen molar-refractivity contribution in [2.45, 2.75) is 172 Å². The highest BCUT2D eigenvalue weighted by atomic mass is 16.6. The number of carbonyl (C=O) groups excluding carboxylic acids is 6. The summed E-state index contributed by atoms with van der Waals surface area (Å²) in [5.74, 6) is -4.30. The fraction of sp³-hybridized carbons (Fsp3) is 0.452. The second kappa shape index (κ2) is 44.6. The van der Waals surface area contributed by atoms with Crippen LogP contribution < -0.4 is 27.0 Å². The highest BCUT2D eigenvalue weighted by Gasteiger charge is 2.34. The minimum atomic E-state index is -1.13. The molecule has 0 radical (unpaired) electrons. The van der Waals surface area contributed by atoms with Crippen molar-refractivity contribution < 1.29 is 87.3 Å². The lowest BCUT2D eigenvalue weighted by Crippen LogP contribution is -2.41. The van der Waals surface area contributed by atoms with Gasteiger partial charge < -0.3 is 81.1 Å². The van der Waals surface area contributed by atoms with Crippen molar-refractivity contribution >= 4 is 60.1 Å². The van der Waals surface area contributed by atoms with Gasteiger partial charge in [-0.2, -0.15) is 0 Å². The Morgan fingerprint density at radius 3 is 0.918 bits per heavy atom. The lowest BCUT2D eigenvalue weighted by atomic mass is 9.98. The van der Waals surface area contributed by atoms with Crippen LogP contribution in [0.4, 0.5) is 19.2 Å². The van der Waals surface area contributed by atoms with Crippen molar-refractivity contribution in [2.75, 3.05) is 74.2 Å². The second-order valence-electron chi connectivity index (χ2n) is 28.4. The highest BCUT2D eigenvalue weighted by molar-refractivity contribution is 5.84. The minimum absolute atomic E-state index is 0.0444. The van der Waals surface area contributed by atoms with Gasteiger partial charge in [-0.25, -0.2) is 33.6 Å². The summed E-state index contributed by atoms with van der Waals surface area (Å²) in [7, 11) is 6.97. The molecule has 594 valence electrons. The molecule has 6 amide bonds. The quantitative estimate of drug-likeness (QED) is 0.0132. The maximum atomic E-state index is 12.4. The highest BCUT2D eigenvalue weighted by Crippen LogP contribution is 2.47. The third kappa shape index (κ3) is 27.1. The van der Waals surface area contributed by atoms with Crippen molar-refractivity contribution in [2.24, 2.45) is 5.73 Å². The fourth-order valence-corrected chi connectivity index (χ4v) is 13.2. The number of hydrogen-bond donors (Lipinski definition) is 9. The Bertz CT molecular complexity index is 3910. The van der Waals surface area contributed by atoms with Crippen LogP contribution in [0.15, 0.2) is 146 Å². The van der Waals surface area contributed by atoms with Gasteiger partial charge in [0.05, 0.1) is 0 Å². The van der Waals surface area contributed by atoms with Gasteiger partial charge >= 0.3 is 48.3 Å². The maximum Gasteiger partial charge on any atom is 0.410 e. The Morgan fingerprint density at radius 2 is 0.664 bits per heavy atom. The first-order chi connectivity index (χ1) is 52.6. The van der Waals surface area contributed by atoms with Crippen molar-refractivity contribution in [3.63, 3.8) is 0 Å². The molecule has 0 aliphatic heterocycles. The predicted octanol–water partition coefficient (Wildman–Crippen LogP) is 12.8. The summed E-state index contributed by atoms with van der Waals surface area (Å²) in [6, 6.07) is 44.4. The average Bonchev–Trinajstić information content (AvgIpc) is 1.63. The van der Waals surface area contributed by atoms with Gasteiger partial charge in [0.15, 0.2) is 0 Å². The number of carboxylic acids is 4. The van der Waals surface area contributed by atoms with Gasteiger partial charge in [0, 0.05) is 71.4 Å². The Kier molecular flexibility index (Phi) is 35.7. The molecule has 3 aliphatic rings. The number of nitrogens with zero attached hydrogens (tertiary/aromatic N) is 3. The van der Waals surface area contributed by atoms with Gasteiger partial charge in [0.1, 0.15) is 49.6 Å². The number of carbonyl (C=O) groups is 10. The first-order valence-electron chi connectivity index (χ1n) is 37.7. The van der Waals surface area contributed by atoms with E-state index in [0.717, 1.165) is 92.6 Å². The number of unbranched alkanes of at least 4 members (excludes halogenated alkanes) is 4. The molecular formula is C84H110N8O18. The van der Waals surface area contributed by atoms with Crippen LogP contribution in [-0.2, 0) is 47.7 Å². The molecule has 0 spiro atoms. The number of benzene rings is 6. The van der Waals surface area contributed by atoms with E-state index < -0.39 is 78.0 Å². The zero-order valence-electron chi connectivity index (χ0n) is 64.7. The first kappa shape index (κ1) is 88.0. The van der Waals surface area contributed by atoms with Crippen molar-refractivity contribution in [1.29, 1.82) is 0 Å². The van der Waals surface area contributed by atoms with E-state index in [-0.39, 0.29) is 62.2 Å². The van der Waals surface area contributed by atoms with Crippen molar-refractivity contribution in [3.8, 4) is 33.4 Å². The van der Waals surface area contributed by atoms with Crippen LogP contribution in [-0.4, -0.2) is 199 Å². The third-order valence-electron chi connectivity index (χ3n) is 19.2. The Labute approximate surface area is 644 Å². The Hall–Kier alpha value is -10.9.